The van der Waals surface area contributed by atoms with Crippen molar-refractivity contribution < 1.29 is 25.2 Å². The summed E-state index contributed by atoms with van der Waals surface area (Å²) in [5.41, 5.74) is 0. The molecule has 1 fully saturated rings. The second kappa shape index (κ2) is 11.4. The van der Waals surface area contributed by atoms with E-state index in [2.05, 4.69) is 12.6 Å². The van der Waals surface area contributed by atoms with Crippen LogP contribution in [-0.4, -0.2) is 50.0 Å². The van der Waals surface area contributed by atoms with Gasteiger partial charge in [-0.25, -0.2) is 4.79 Å². The quantitative estimate of drug-likeness (QED) is 0.274. The smallest absolute Gasteiger partial charge is 0.345 e. The Labute approximate surface area is 176 Å². The molecule has 158 valence electrons. The van der Waals surface area contributed by atoms with E-state index in [4.69, 9.17) is 5.11 Å². The standard InChI is InChI=1S/C21H32O5S2/c1-13(22)4-2-5-14(23)8-10-16-17(19(27)12-18(16)24)7-3-6-15-9-11-20(28-15)21(25)26/h8-11,13-14,16-19,22-24,27H,2-7,12H2,1H3,(H,25,26)/b10-8+/t13-,14+,16-,17-,18-,19-/m1/s1. The van der Waals surface area contributed by atoms with E-state index in [9.17, 15) is 20.1 Å². The van der Waals surface area contributed by atoms with E-state index in [0.29, 0.717) is 24.1 Å². The predicted octanol–water partition coefficient (Wildman–Crippen LogP) is 3.53. The zero-order valence-electron chi connectivity index (χ0n) is 16.3. The molecule has 4 N–H and O–H groups in total. The third-order valence-corrected chi connectivity index (χ3v) is 7.15. The van der Waals surface area contributed by atoms with Crippen molar-refractivity contribution in [1.29, 1.82) is 0 Å². The van der Waals surface area contributed by atoms with Crippen LogP contribution < -0.4 is 0 Å². The normalized spacial score (nSPS) is 27.3. The number of hydrogen-bond acceptors (Lipinski definition) is 6. The Morgan fingerprint density at radius 1 is 1.32 bits per heavy atom. The van der Waals surface area contributed by atoms with E-state index in [1.807, 2.05) is 12.1 Å². The van der Waals surface area contributed by atoms with Crippen LogP contribution in [0.3, 0.4) is 0 Å². The Kier molecular flexibility index (Phi) is 9.50. The van der Waals surface area contributed by atoms with E-state index >= 15 is 0 Å². The van der Waals surface area contributed by atoms with Gasteiger partial charge < -0.3 is 20.4 Å². The first-order valence-electron chi connectivity index (χ1n) is 10.0. The van der Waals surface area contributed by atoms with Crippen LogP contribution in [0.5, 0.6) is 0 Å². The molecule has 28 heavy (non-hydrogen) atoms. The molecule has 1 aromatic rings. The fourth-order valence-corrected chi connectivity index (χ4v) is 5.34. The molecule has 2 rings (SSSR count). The molecule has 6 atom stereocenters. The first kappa shape index (κ1) is 23.4. The third kappa shape index (κ3) is 7.19. The lowest BCUT2D eigenvalue weighted by Gasteiger charge is -2.21. The summed E-state index contributed by atoms with van der Waals surface area (Å²) in [4.78, 5) is 12.4. The van der Waals surface area contributed by atoms with Crippen LogP contribution in [0.15, 0.2) is 24.3 Å². The van der Waals surface area contributed by atoms with Crippen molar-refractivity contribution in [3.63, 3.8) is 0 Å². The monoisotopic (exact) mass is 428 g/mol. The van der Waals surface area contributed by atoms with Gasteiger partial charge in [0.15, 0.2) is 0 Å². The molecule has 1 saturated carbocycles. The molecule has 1 heterocycles. The second-order valence-electron chi connectivity index (χ2n) is 7.81. The fraction of sp³-hybridized carbons (Fsp3) is 0.667. The van der Waals surface area contributed by atoms with Crippen molar-refractivity contribution in [3.05, 3.63) is 34.0 Å². The lowest BCUT2D eigenvalue weighted by atomic mass is 9.89. The maximum absolute atomic E-state index is 11.0. The average Bonchev–Trinajstić information content (AvgIpc) is 3.18. The van der Waals surface area contributed by atoms with Crippen molar-refractivity contribution in [2.24, 2.45) is 11.8 Å². The minimum absolute atomic E-state index is 0.0215. The number of rotatable bonds is 11. The molecule has 5 nitrogen and oxygen atoms in total. The SMILES string of the molecule is C[C@@H](O)CCC[C@H](O)/C=C/[C@@H]1[C@@H](CCCc2ccc(C(=O)O)s2)[C@H](S)C[C@H]1O. The highest BCUT2D eigenvalue weighted by molar-refractivity contribution is 7.81. The van der Waals surface area contributed by atoms with Gasteiger partial charge in [-0.05, 0) is 69.9 Å². The van der Waals surface area contributed by atoms with Crippen molar-refractivity contribution in [2.75, 3.05) is 0 Å². The van der Waals surface area contributed by atoms with Crippen LogP contribution in [0.25, 0.3) is 0 Å². The van der Waals surface area contributed by atoms with E-state index in [1.165, 1.54) is 11.3 Å². The molecule has 7 heteroatoms. The van der Waals surface area contributed by atoms with Gasteiger partial charge in [0, 0.05) is 16.0 Å². The largest absolute Gasteiger partial charge is 0.477 e. The molecule has 0 aromatic carbocycles. The van der Waals surface area contributed by atoms with Gasteiger partial charge in [-0.1, -0.05) is 12.2 Å². The highest BCUT2D eigenvalue weighted by Crippen LogP contribution is 2.40. The third-order valence-electron chi connectivity index (χ3n) is 5.43. The van der Waals surface area contributed by atoms with Gasteiger partial charge in [-0.3, -0.25) is 0 Å². The number of aliphatic hydroxyl groups is 3. The maximum Gasteiger partial charge on any atom is 0.345 e. The average molecular weight is 429 g/mol. The van der Waals surface area contributed by atoms with Crippen LogP contribution in [0.4, 0.5) is 0 Å². The first-order valence-corrected chi connectivity index (χ1v) is 11.3. The molecule has 0 aliphatic heterocycles. The van der Waals surface area contributed by atoms with Crippen molar-refractivity contribution >= 4 is 29.9 Å². The fourth-order valence-electron chi connectivity index (χ4n) is 3.89. The number of thiophene rings is 1. The summed E-state index contributed by atoms with van der Waals surface area (Å²) < 4.78 is 0. The molecule has 1 aliphatic carbocycles. The molecule has 0 bridgehead atoms. The Morgan fingerprint density at radius 2 is 2.07 bits per heavy atom. The summed E-state index contributed by atoms with van der Waals surface area (Å²) >= 11 is 5.98. The molecular formula is C21H32O5S2. The Bertz CT molecular complexity index is 642. The second-order valence-corrected chi connectivity index (χ2v) is 9.64. The lowest BCUT2D eigenvalue weighted by Crippen LogP contribution is -2.19. The molecule has 0 saturated heterocycles. The number of hydrogen-bond donors (Lipinski definition) is 5. The number of aliphatic hydroxyl groups excluding tert-OH is 3. The van der Waals surface area contributed by atoms with Crippen LogP contribution >= 0.6 is 24.0 Å². The van der Waals surface area contributed by atoms with Crippen LogP contribution in [0.1, 0.15) is 60.0 Å². The minimum Gasteiger partial charge on any atom is -0.477 e. The Hall–Kier alpha value is -0.860. The number of aromatic carboxylic acids is 1. The van der Waals surface area contributed by atoms with Crippen molar-refractivity contribution in [2.45, 2.75) is 75.4 Å². The zero-order chi connectivity index (χ0) is 20.7. The van der Waals surface area contributed by atoms with Gasteiger partial charge >= 0.3 is 5.97 Å². The molecule has 0 amide bonds. The van der Waals surface area contributed by atoms with E-state index in [-0.39, 0.29) is 23.2 Å². The van der Waals surface area contributed by atoms with E-state index < -0.39 is 18.2 Å². The molecular weight excluding hydrogens is 396 g/mol. The maximum atomic E-state index is 11.0. The predicted molar refractivity (Wildman–Crippen MR) is 115 cm³/mol. The topological polar surface area (TPSA) is 98.0 Å². The summed E-state index contributed by atoms with van der Waals surface area (Å²) in [6, 6.07) is 3.52. The highest BCUT2D eigenvalue weighted by Gasteiger charge is 2.38. The number of carboxylic acid groups (broad SMARTS) is 1. The van der Waals surface area contributed by atoms with Crippen LogP contribution in [-0.2, 0) is 6.42 Å². The van der Waals surface area contributed by atoms with E-state index in [1.54, 1.807) is 19.1 Å². The molecule has 1 aromatic heterocycles. The molecule has 0 unspecified atom stereocenters. The number of carbonyl (C=O) groups is 1. The van der Waals surface area contributed by atoms with Gasteiger partial charge in [-0.2, -0.15) is 12.6 Å². The van der Waals surface area contributed by atoms with Gasteiger partial charge in [-0.15, -0.1) is 11.3 Å². The highest BCUT2D eigenvalue weighted by atomic mass is 32.1. The van der Waals surface area contributed by atoms with Gasteiger partial charge in [0.05, 0.1) is 18.3 Å². The zero-order valence-corrected chi connectivity index (χ0v) is 18.0. The summed E-state index contributed by atoms with van der Waals surface area (Å²) in [7, 11) is 0. The summed E-state index contributed by atoms with van der Waals surface area (Å²) in [6.45, 7) is 1.74. The Balaban J connectivity index is 1.84. The summed E-state index contributed by atoms with van der Waals surface area (Å²) in [5, 5.41) is 38.9. The first-order chi connectivity index (χ1) is 13.3. The Morgan fingerprint density at radius 3 is 2.71 bits per heavy atom. The number of aryl methyl sites for hydroxylation is 1. The molecule has 0 spiro atoms. The van der Waals surface area contributed by atoms with Gasteiger partial charge in [0.2, 0.25) is 0 Å². The molecule has 1 aliphatic rings. The summed E-state index contributed by atoms with van der Waals surface area (Å²) in [6.07, 6.45) is 7.65. The number of thiol groups is 1. The van der Waals surface area contributed by atoms with Crippen LogP contribution in [0.2, 0.25) is 0 Å². The van der Waals surface area contributed by atoms with Crippen LogP contribution in [0, 0.1) is 11.8 Å². The van der Waals surface area contributed by atoms with E-state index in [0.717, 1.165) is 30.6 Å². The van der Waals surface area contributed by atoms with Crippen molar-refractivity contribution in [1.82, 2.24) is 0 Å². The van der Waals surface area contributed by atoms with Crippen molar-refractivity contribution in [3.8, 4) is 0 Å². The summed E-state index contributed by atoms with van der Waals surface area (Å²) in [5.74, 6) is -0.673. The number of carboxylic acids is 1. The minimum atomic E-state index is -0.886. The van der Waals surface area contributed by atoms with Gasteiger partial charge in [0.1, 0.15) is 4.88 Å². The molecule has 0 radical (unpaired) electrons. The lowest BCUT2D eigenvalue weighted by molar-refractivity contribution is 0.0702. The van der Waals surface area contributed by atoms with Gasteiger partial charge in [0.25, 0.3) is 0 Å².